The first kappa shape index (κ1) is 35.9. The predicted molar refractivity (Wildman–Crippen MR) is 177 cm³/mol. The second-order valence-corrected chi connectivity index (χ2v) is 11.9. The molecule has 2 atom stereocenters. The molecule has 1 aliphatic heterocycles. The molecule has 3 aromatic carbocycles. The number of likely N-dealkylation sites (N-methyl/N-ethyl adjacent to an activating group) is 1. The molecule has 264 valence electrons. The van der Waals surface area contributed by atoms with E-state index in [0.29, 0.717) is 16.8 Å². The van der Waals surface area contributed by atoms with E-state index in [-0.39, 0.29) is 49.1 Å². The summed E-state index contributed by atoms with van der Waals surface area (Å²) in [6.45, 7) is 0.656. The Morgan fingerprint density at radius 2 is 1.76 bits per heavy atom. The molecule has 3 N–H and O–H groups in total. The third kappa shape index (κ3) is 8.08. The summed E-state index contributed by atoms with van der Waals surface area (Å²) >= 11 is 0. The van der Waals surface area contributed by atoms with Crippen LogP contribution in [0.2, 0.25) is 0 Å². The van der Waals surface area contributed by atoms with Gasteiger partial charge < -0.3 is 34.9 Å². The van der Waals surface area contributed by atoms with Crippen molar-refractivity contribution in [2.75, 3.05) is 45.4 Å². The van der Waals surface area contributed by atoms with E-state index in [1.165, 1.54) is 55.6 Å². The highest BCUT2D eigenvalue weighted by Gasteiger charge is 2.46. The van der Waals surface area contributed by atoms with E-state index in [1.807, 2.05) is 6.07 Å². The Hall–Kier alpha value is -5.37. The number of pyridine rings is 1. The van der Waals surface area contributed by atoms with Crippen molar-refractivity contribution in [2.24, 2.45) is 0 Å². The number of alkyl halides is 3. The number of methoxy groups -OCH3 is 1. The lowest BCUT2D eigenvalue weighted by molar-refractivity contribution is -0.149. The van der Waals surface area contributed by atoms with Gasteiger partial charge in [-0.15, -0.1) is 0 Å². The second-order valence-electron chi connectivity index (χ2n) is 11.9. The van der Waals surface area contributed by atoms with Gasteiger partial charge in [-0.1, -0.05) is 30.3 Å². The molecule has 5 rings (SSSR count). The number of carbonyl (C=O) groups excluding carboxylic acids is 2. The SMILES string of the molecule is COc1cc(C(=O)NCC(c2cc3c(c(-c4ccc(F)cc4)n2)N(C)C[C@@]3(C)NC(=O)OCc2ccccc2)C(F)(F)F)ccc1OCCO. The first-order valence-electron chi connectivity index (χ1n) is 15.6. The molecule has 2 heterocycles. The smallest absolute Gasteiger partial charge is 0.408 e. The quantitative estimate of drug-likeness (QED) is 0.156. The first-order valence-corrected chi connectivity index (χ1v) is 15.6. The van der Waals surface area contributed by atoms with Crippen molar-refractivity contribution in [3.63, 3.8) is 0 Å². The molecule has 1 aliphatic rings. The lowest BCUT2D eigenvalue weighted by Crippen LogP contribution is -2.46. The van der Waals surface area contributed by atoms with Crippen molar-refractivity contribution in [3.8, 4) is 22.8 Å². The van der Waals surface area contributed by atoms with Crippen LogP contribution in [0.1, 0.15) is 40.0 Å². The molecular formula is C36H36F4N4O6. The second kappa shape index (κ2) is 15.0. The van der Waals surface area contributed by atoms with Crippen molar-refractivity contribution in [2.45, 2.75) is 31.2 Å². The Morgan fingerprint density at radius 3 is 2.42 bits per heavy atom. The maximum Gasteiger partial charge on any atom is 0.408 e. The minimum absolute atomic E-state index is 0.0143. The van der Waals surface area contributed by atoms with Gasteiger partial charge in [0.15, 0.2) is 11.5 Å². The van der Waals surface area contributed by atoms with E-state index in [4.69, 9.17) is 19.3 Å². The zero-order chi connectivity index (χ0) is 36.1. The number of aromatic nitrogens is 1. The average Bonchev–Trinajstić information content (AvgIpc) is 3.34. The largest absolute Gasteiger partial charge is 0.493 e. The van der Waals surface area contributed by atoms with Gasteiger partial charge in [-0.05, 0) is 61.0 Å². The van der Waals surface area contributed by atoms with E-state index in [2.05, 4.69) is 15.6 Å². The molecule has 0 saturated carbocycles. The number of alkyl carbamates (subject to hydrolysis) is 1. The van der Waals surface area contributed by atoms with Crippen LogP contribution in [-0.4, -0.2) is 68.7 Å². The zero-order valence-electron chi connectivity index (χ0n) is 27.5. The van der Waals surface area contributed by atoms with Gasteiger partial charge in [-0.25, -0.2) is 14.2 Å². The number of aliphatic hydroxyl groups is 1. The summed E-state index contributed by atoms with van der Waals surface area (Å²) in [7, 11) is 3.05. The molecule has 0 radical (unpaired) electrons. The summed E-state index contributed by atoms with van der Waals surface area (Å²) < 4.78 is 74.4. The van der Waals surface area contributed by atoms with Gasteiger partial charge in [0.05, 0.1) is 36.3 Å². The van der Waals surface area contributed by atoms with Crippen LogP contribution in [0, 0.1) is 5.82 Å². The summed E-state index contributed by atoms with van der Waals surface area (Å²) in [4.78, 5) is 32.4. The lowest BCUT2D eigenvalue weighted by Gasteiger charge is -2.27. The summed E-state index contributed by atoms with van der Waals surface area (Å²) in [5.74, 6) is -3.22. The molecule has 0 fully saturated rings. The average molecular weight is 697 g/mol. The number of nitrogens with one attached hydrogen (secondary N) is 2. The van der Waals surface area contributed by atoms with Gasteiger partial charge in [0.2, 0.25) is 0 Å². The molecule has 14 heteroatoms. The predicted octanol–water partition coefficient (Wildman–Crippen LogP) is 5.93. The Labute approximate surface area is 286 Å². The number of benzene rings is 3. The van der Waals surface area contributed by atoms with Crippen LogP contribution in [0.15, 0.2) is 78.9 Å². The highest BCUT2D eigenvalue weighted by molar-refractivity contribution is 5.95. The first-order chi connectivity index (χ1) is 23.8. The minimum Gasteiger partial charge on any atom is -0.493 e. The number of halogens is 4. The normalized spacial score (nSPS) is 16.0. The van der Waals surface area contributed by atoms with Gasteiger partial charge in [-0.2, -0.15) is 13.2 Å². The fraction of sp³-hybridized carbons (Fsp3) is 0.306. The highest BCUT2D eigenvalue weighted by atomic mass is 19.4. The Bertz CT molecular complexity index is 1820. The number of rotatable bonds is 12. The standard InChI is InChI=1S/C36H36F4N4O6/c1-35(43-34(47)50-20-22-7-5-4-6-8-22)21-44(2)32-26(35)18-28(42-31(32)23-9-12-25(37)13-10-23)27(36(38,39)40)19-41-33(46)24-11-14-29(49-16-15-45)30(17-24)48-3/h4-14,17-18,27,45H,15-16,19-21H2,1-3H3,(H,41,46)(H,43,47)/t27?,35-/m1/s1. The zero-order valence-corrected chi connectivity index (χ0v) is 27.5. The topological polar surface area (TPSA) is 122 Å². The highest BCUT2D eigenvalue weighted by Crippen LogP contribution is 2.46. The number of carbonyl (C=O) groups is 2. The molecule has 0 aliphatic carbocycles. The van der Waals surface area contributed by atoms with Crippen molar-refractivity contribution in [1.29, 1.82) is 0 Å². The van der Waals surface area contributed by atoms with Gasteiger partial charge >= 0.3 is 12.3 Å². The molecule has 0 spiro atoms. The van der Waals surface area contributed by atoms with Crippen molar-refractivity contribution < 1.29 is 46.5 Å². The van der Waals surface area contributed by atoms with Gasteiger partial charge in [0.25, 0.3) is 5.91 Å². The van der Waals surface area contributed by atoms with E-state index in [0.717, 1.165) is 5.56 Å². The van der Waals surface area contributed by atoms with Crippen LogP contribution < -0.4 is 25.0 Å². The molecule has 10 nitrogen and oxygen atoms in total. The Kier molecular flexibility index (Phi) is 10.8. The van der Waals surface area contributed by atoms with Crippen LogP contribution >= 0.6 is 0 Å². The Balaban J connectivity index is 1.49. The Morgan fingerprint density at radius 1 is 1.04 bits per heavy atom. The summed E-state index contributed by atoms with van der Waals surface area (Å²) in [6.07, 6.45) is -5.64. The summed E-state index contributed by atoms with van der Waals surface area (Å²) in [5, 5.41) is 14.2. The van der Waals surface area contributed by atoms with Gasteiger partial charge in [-0.3, -0.25) is 4.79 Å². The molecule has 4 aromatic rings. The van der Waals surface area contributed by atoms with E-state index >= 15 is 0 Å². The number of ether oxygens (including phenoxy) is 3. The van der Waals surface area contributed by atoms with E-state index in [1.54, 1.807) is 43.1 Å². The fourth-order valence-electron chi connectivity index (χ4n) is 5.85. The summed E-state index contributed by atoms with van der Waals surface area (Å²) in [6, 6.07) is 19.6. The number of hydrogen-bond donors (Lipinski definition) is 3. The van der Waals surface area contributed by atoms with Crippen LogP contribution in [0.5, 0.6) is 11.5 Å². The maximum atomic E-state index is 14.8. The van der Waals surface area contributed by atoms with E-state index in [9.17, 15) is 27.2 Å². The molecule has 1 unspecified atom stereocenters. The molecule has 0 saturated heterocycles. The van der Waals surface area contributed by atoms with Crippen LogP contribution in [0.3, 0.4) is 0 Å². The van der Waals surface area contributed by atoms with Crippen LogP contribution in [-0.2, 0) is 16.9 Å². The minimum atomic E-state index is -4.86. The van der Waals surface area contributed by atoms with Gasteiger partial charge in [0.1, 0.15) is 24.9 Å². The van der Waals surface area contributed by atoms with Crippen molar-refractivity contribution in [1.82, 2.24) is 15.6 Å². The molecule has 50 heavy (non-hydrogen) atoms. The van der Waals surface area contributed by atoms with Gasteiger partial charge in [0, 0.05) is 36.8 Å². The molecule has 1 aromatic heterocycles. The van der Waals surface area contributed by atoms with Crippen molar-refractivity contribution >= 4 is 17.7 Å². The maximum absolute atomic E-state index is 14.8. The van der Waals surface area contributed by atoms with E-state index < -0.39 is 47.7 Å². The van der Waals surface area contributed by atoms with Crippen molar-refractivity contribution in [3.05, 3.63) is 107 Å². The molecule has 2 amide bonds. The number of hydrogen-bond acceptors (Lipinski definition) is 8. The fourth-order valence-corrected chi connectivity index (χ4v) is 5.85. The monoisotopic (exact) mass is 696 g/mol. The number of anilines is 1. The third-order valence-corrected chi connectivity index (χ3v) is 8.24. The molecular weight excluding hydrogens is 660 g/mol. The number of fused-ring (bicyclic) bond motifs is 1. The third-order valence-electron chi connectivity index (χ3n) is 8.24. The number of amides is 2. The number of aliphatic hydroxyl groups excluding tert-OH is 1. The van der Waals surface area contributed by atoms with Crippen LogP contribution in [0.25, 0.3) is 11.3 Å². The molecule has 0 bridgehead atoms. The lowest BCUT2D eigenvalue weighted by atomic mass is 9.90. The summed E-state index contributed by atoms with van der Waals surface area (Å²) in [5.41, 5.74) is 0.417. The number of nitrogens with zero attached hydrogens (tertiary/aromatic N) is 2. The van der Waals surface area contributed by atoms with Crippen LogP contribution in [0.4, 0.5) is 28.0 Å².